The van der Waals surface area contributed by atoms with Crippen LogP contribution in [-0.2, 0) is 17.1 Å². The lowest BCUT2D eigenvalue weighted by molar-refractivity contribution is 0.100. The van der Waals surface area contributed by atoms with Crippen LogP contribution in [0.4, 0.5) is 10.1 Å². The van der Waals surface area contributed by atoms with Crippen molar-refractivity contribution in [1.82, 2.24) is 9.29 Å². The lowest BCUT2D eigenvalue weighted by Gasteiger charge is -2.18. The molecule has 0 saturated heterocycles. The molecule has 3 N–H and O–H groups in total. The zero-order valence-electron chi connectivity index (χ0n) is 14.9. The highest BCUT2D eigenvalue weighted by atomic mass is 32.2. The minimum Gasteiger partial charge on any atom is -0.488 e. The molecular formula is C17H17FN4O5S. The molecule has 0 aliphatic carbocycles. The van der Waals surface area contributed by atoms with Gasteiger partial charge < -0.3 is 19.7 Å². The van der Waals surface area contributed by atoms with E-state index in [2.05, 4.69) is 10.0 Å². The first-order valence-electron chi connectivity index (χ1n) is 8.17. The fourth-order valence-electron chi connectivity index (χ4n) is 2.76. The Bertz CT molecular complexity index is 1090. The van der Waals surface area contributed by atoms with E-state index in [1.54, 1.807) is 6.07 Å². The highest BCUT2D eigenvalue weighted by molar-refractivity contribution is 7.89. The summed E-state index contributed by atoms with van der Waals surface area (Å²) in [5.41, 5.74) is -0.157. The minimum atomic E-state index is -4.03. The highest BCUT2D eigenvalue weighted by Gasteiger charge is 2.35. The average Bonchev–Trinajstić information content (AvgIpc) is 2.90. The van der Waals surface area contributed by atoms with E-state index in [1.165, 1.54) is 30.8 Å². The average molecular weight is 408 g/mol. The minimum absolute atomic E-state index is 0.0746. The molecule has 1 unspecified atom stereocenters. The Hall–Kier alpha value is -2.94. The summed E-state index contributed by atoms with van der Waals surface area (Å²) in [5.74, 6) is -1.58. The lowest BCUT2D eigenvalue weighted by atomic mass is 10.2. The lowest BCUT2D eigenvalue weighted by Crippen LogP contribution is -2.44. The number of sulfonamides is 1. The molecular weight excluding hydrogens is 391 g/mol. The third kappa shape index (κ3) is 3.57. The number of hydrogen-bond donors (Lipinski definition) is 3. The van der Waals surface area contributed by atoms with Gasteiger partial charge in [-0.1, -0.05) is 0 Å². The predicted octanol–water partition coefficient (Wildman–Crippen LogP) is 0.708. The van der Waals surface area contributed by atoms with Crippen molar-refractivity contribution in [2.75, 3.05) is 11.9 Å². The molecule has 2 atom stereocenters. The van der Waals surface area contributed by atoms with Crippen molar-refractivity contribution in [3.63, 3.8) is 0 Å². The van der Waals surface area contributed by atoms with Gasteiger partial charge in [0.15, 0.2) is 11.4 Å². The number of carbonyl (C=O) groups is 1. The highest BCUT2D eigenvalue weighted by Crippen LogP contribution is 2.33. The molecule has 28 heavy (non-hydrogen) atoms. The van der Waals surface area contributed by atoms with Crippen LogP contribution in [0, 0.1) is 17.1 Å². The number of nitrogens with zero attached hydrogens (tertiary/aromatic N) is 2. The summed E-state index contributed by atoms with van der Waals surface area (Å²) in [6.07, 6.45) is 0.218. The number of aliphatic hydroxyl groups is 1. The summed E-state index contributed by atoms with van der Waals surface area (Å²) >= 11 is 0. The van der Waals surface area contributed by atoms with Gasteiger partial charge in [0.25, 0.3) is 5.91 Å². The zero-order valence-corrected chi connectivity index (χ0v) is 15.7. The maximum Gasteiger partial charge on any atom is 0.276 e. The number of aromatic nitrogens is 1. The monoisotopic (exact) mass is 408 g/mol. The van der Waals surface area contributed by atoms with Crippen molar-refractivity contribution in [3.8, 4) is 11.8 Å². The van der Waals surface area contributed by atoms with Crippen LogP contribution < -0.4 is 14.8 Å². The van der Waals surface area contributed by atoms with Gasteiger partial charge in [0.2, 0.25) is 10.0 Å². The van der Waals surface area contributed by atoms with Crippen molar-refractivity contribution in [1.29, 1.82) is 5.26 Å². The van der Waals surface area contributed by atoms with Crippen LogP contribution in [0.25, 0.3) is 0 Å². The molecule has 0 bridgehead atoms. The van der Waals surface area contributed by atoms with Crippen LogP contribution in [0.3, 0.4) is 0 Å². The number of rotatable bonds is 3. The predicted molar refractivity (Wildman–Crippen MR) is 95.8 cm³/mol. The first-order chi connectivity index (χ1) is 13.1. The second-order valence-electron chi connectivity index (χ2n) is 6.32. The van der Waals surface area contributed by atoms with Gasteiger partial charge in [0, 0.05) is 18.9 Å². The molecule has 0 radical (unpaired) electrons. The Morgan fingerprint density at radius 3 is 2.89 bits per heavy atom. The van der Waals surface area contributed by atoms with E-state index in [4.69, 9.17) is 10.00 Å². The smallest absolute Gasteiger partial charge is 0.276 e. The molecule has 1 aliphatic rings. The van der Waals surface area contributed by atoms with Gasteiger partial charge in [-0.2, -0.15) is 5.26 Å². The molecule has 11 heteroatoms. The number of fused-ring (bicyclic) bond motifs is 1. The number of aliphatic hydroxyl groups excluding tert-OH is 1. The number of nitrogens with one attached hydrogen (secondary N) is 2. The molecule has 0 fully saturated rings. The van der Waals surface area contributed by atoms with Crippen molar-refractivity contribution < 1.29 is 27.4 Å². The number of benzene rings is 1. The molecule has 1 aromatic carbocycles. The van der Waals surface area contributed by atoms with Crippen molar-refractivity contribution in [2.24, 2.45) is 7.05 Å². The number of amides is 1. The molecule has 0 spiro atoms. The number of carbonyl (C=O) groups excluding carboxylic acids is 1. The Morgan fingerprint density at radius 1 is 1.54 bits per heavy atom. The number of halogens is 1. The second kappa shape index (κ2) is 7.23. The Balaban J connectivity index is 1.98. The number of aryl methyl sites for hydroxylation is 1. The number of ether oxygens (including phenoxy) is 1. The Morgan fingerprint density at radius 2 is 2.25 bits per heavy atom. The number of nitriles is 1. The van der Waals surface area contributed by atoms with Gasteiger partial charge in [-0.15, -0.1) is 0 Å². The molecule has 3 rings (SSSR count). The number of hydrogen-bond acceptors (Lipinski definition) is 6. The fraction of sp³-hybridized carbons (Fsp3) is 0.294. The molecule has 1 amide bonds. The summed E-state index contributed by atoms with van der Waals surface area (Å²) in [6.45, 7) is 1.24. The first kappa shape index (κ1) is 19.8. The maximum absolute atomic E-state index is 13.4. The maximum atomic E-state index is 13.4. The van der Waals surface area contributed by atoms with Gasteiger partial charge in [-0.3, -0.25) is 4.79 Å². The van der Waals surface area contributed by atoms with Gasteiger partial charge in [0.05, 0.1) is 17.7 Å². The third-order valence-electron chi connectivity index (χ3n) is 4.25. The van der Waals surface area contributed by atoms with Crippen LogP contribution >= 0.6 is 0 Å². The van der Waals surface area contributed by atoms with E-state index in [-0.39, 0.29) is 34.2 Å². The first-order valence-corrected chi connectivity index (χ1v) is 9.66. The largest absolute Gasteiger partial charge is 0.488 e. The van der Waals surface area contributed by atoms with E-state index >= 15 is 0 Å². The standard InChI is InChI=1S/C17H17FN4O5S/c1-9(23)13-8-27-16-14(28(25,26)21-13)7-22(2)15(16)17(24)20-11-3-4-12(18)10(5-11)6-19/h3-5,7,9,13,21,23H,8H2,1-2H3,(H,20,24)/t9-,13?/m0/s1. The molecule has 1 aromatic heterocycles. The van der Waals surface area contributed by atoms with E-state index < -0.39 is 33.9 Å². The van der Waals surface area contributed by atoms with E-state index in [0.29, 0.717) is 0 Å². The molecule has 148 valence electrons. The summed E-state index contributed by atoms with van der Waals surface area (Å²) in [5, 5.41) is 21.1. The van der Waals surface area contributed by atoms with Gasteiger partial charge in [-0.25, -0.2) is 17.5 Å². The van der Waals surface area contributed by atoms with Crippen LogP contribution in [0.2, 0.25) is 0 Å². The van der Waals surface area contributed by atoms with Crippen molar-refractivity contribution in [2.45, 2.75) is 24.0 Å². The van der Waals surface area contributed by atoms with Gasteiger partial charge >= 0.3 is 0 Å². The number of anilines is 1. The summed E-state index contributed by atoms with van der Waals surface area (Å²) < 4.78 is 47.7. The van der Waals surface area contributed by atoms with E-state index in [0.717, 1.165) is 12.1 Å². The SMILES string of the molecule is C[C@H](O)C1COc2c(cn(C)c2C(=O)Nc2ccc(F)c(C#N)c2)S(=O)(=O)N1. The molecule has 2 aromatic rings. The van der Waals surface area contributed by atoms with Crippen molar-refractivity contribution in [3.05, 3.63) is 41.5 Å². The topological polar surface area (TPSA) is 133 Å². The molecule has 9 nitrogen and oxygen atoms in total. The van der Waals surface area contributed by atoms with Crippen LogP contribution in [0.5, 0.6) is 5.75 Å². The van der Waals surface area contributed by atoms with Crippen molar-refractivity contribution >= 4 is 21.6 Å². The third-order valence-corrected chi connectivity index (χ3v) is 5.73. The van der Waals surface area contributed by atoms with Crippen LogP contribution in [-0.4, -0.2) is 42.8 Å². The van der Waals surface area contributed by atoms with Crippen LogP contribution in [0.15, 0.2) is 29.3 Å². The van der Waals surface area contributed by atoms with Gasteiger partial charge in [0.1, 0.15) is 23.4 Å². The normalized spacial score (nSPS) is 18.9. The summed E-state index contributed by atoms with van der Waals surface area (Å²) in [6, 6.07) is 4.27. The second-order valence-corrected chi connectivity index (χ2v) is 8.00. The van der Waals surface area contributed by atoms with Crippen LogP contribution in [0.1, 0.15) is 23.0 Å². The van der Waals surface area contributed by atoms with E-state index in [1.807, 2.05) is 0 Å². The summed E-state index contributed by atoms with van der Waals surface area (Å²) in [4.78, 5) is 12.5. The molecule has 0 saturated carbocycles. The Kier molecular flexibility index (Phi) is 5.12. The molecule has 2 heterocycles. The Labute approximate surface area is 160 Å². The quantitative estimate of drug-likeness (QED) is 0.685. The summed E-state index contributed by atoms with van der Waals surface area (Å²) in [7, 11) is -2.55. The fourth-order valence-corrected chi connectivity index (χ4v) is 4.24. The zero-order chi connectivity index (χ0) is 20.6. The molecule has 1 aliphatic heterocycles. The van der Waals surface area contributed by atoms with E-state index in [9.17, 15) is 22.7 Å². The van der Waals surface area contributed by atoms with Gasteiger partial charge in [-0.05, 0) is 25.1 Å².